The van der Waals surface area contributed by atoms with Gasteiger partial charge in [-0.3, -0.25) is 14.5 Å². The number of hydrogen-bond acceptors (Lipinski definition) is 5. The van der Waals surface area contributed by atoms with Gasteiger partial charge in [-0.2, -0.15) is 13.2 Å². The Bertz CT molecular complexity index is 1840. The second-order valence-corrected chi connectivity index (χ2v) is 13.6. The lowest BCUT2D eigenvalue weighted by molar-refractivity contribution is -0.141. The molecule has 1 fully saturated rings. The molecular weight excluding hydrogens is 641 g/mol. The van der Waals surface area contributed by atoms with Crippen LogP contribution in [0, 0.1) is 6.92 Å². The smallest absolute Gasteiger partial charge is 0.405 e. The summed E-state index contributed by atoms with van der Waals surface area (Å²) in [5.41, 5.74) is 5.06. The Hall–Kier alpha value is -4.83. The molecule has 260 valence electrons. The van der Waals surface area contributed by atoms with Crippen molar-refractivity contribution in [1.29, 1.82) is 0 Å². The molecule has 3 aliphatic heterocycles. The number of hydrogen-bond donors (Lipinski definition) is 1. The SMILES string of the molecule is Cc1cccc(CN2Cc3ccc(N4CCN(CCCCC5(C(=O)NCC(F)(F)F)c6ccccc6Oc6ccccc65)CC4)cc3C2=O)c1. The predicted molar refractivity (Wildman–Crippen MR) is 187 cm³/mol. The van der Waals surface area contributed by atoms with Crippen LogP contribution in [0.1, 0.15) is 57.4 Å². The molecule has 4 aromatic carbocycles. The number of aryl methyl sites for hydroxylation is 1. The van der Waals surface area contributed by atoms with Crippen LogP contribution >= 0.6 is 0 Å². The summed E-state index contributed by atoms with van der Waals surface area (Å²) < 4.78 is 45.9. The number of para-hydroxylation sites is 2. The van der Waals surface area contributed by atoms with E-state index >= 15 is 0 Å². The molecule has 0 spiro atoms. The van der Waals surface area contributed by atoms with Gasteiger partial charge in [0.1, 0.15) is 23.5 Å². The van der Waals surface area contributed by atoms with Gasteiger partial charge in [-0.05, 0) is 61.7 Å². The van der Waals surface area contributed by atoms with E-state index in [0.29, 0.717) is 48.6 Å². The number of nitrogens with one attached hydrogen (secondary N) is 1. The zero-order valence-corrected chi connectivity index (χ0v) is 28.1. The van der Waals surface area contributed by atoms with Gasteiger partial charge in [-0.15, -0.1) is 0 Å². The third-order valence-corrected chi connectivity index (χ3v) is 10.2. The standard InChI is InChI=1S/C40H41F3N4O3/c1-28-9-8-10-29(23-28)25-47-26-30-15-16-31(24-32(30)37(47)48)46-21-19-45(20-22-46)18-7-6-17-39(38(49)44-27-40(41,42)43)33-11-2-4-13-35(33)50-36-14-5-3-12-34(36)39/h2-5,8-16,23-24H,6-7,17-22,25-27H2,1H3,(H,44,49). The summed E-state index contributed by atoms with van der Waals surface area (Å²) in [6.07, 6.45) is -2.77. The number of benzene rings is 4. The first-order valence-electron chi connectivity index (χ1n) is 17.3. The lowest BCUT2D eigenvalue weighted by atomic mass is 9.68. The van der Waals surface area contributed by atoms with Gasteiger partial charge < -0.3 is 19.9 Å². The second kappa shape index (κ2) is 13.8. The summed E-state index contributed by atoms with van der Waals surface area (Å²) in [5.74, 6) is 0.368. The first-order chi connectivity index (χ1) is 24.1. The van der Waals surface area contributed by atoms with Gasteiger partial charge in [0.2, 0.25) is 5.91 Å². The Morgan fingerprint density at radius 3 is 2.24 bits per heavy atom. The molecule has 1 N–H and O–H groups in total. The molecule has 10 heteroatoms. The maximum atomic E-state index is 13.9. The molecule has 0 aromatic heterocycles. The summed E-state index contributed by atoms with van der Waals surface area (Å²) in [6.45, 7) is 6.02. The van der Waals surface area contributed by atoms with Gasteiger partial charge in [0.25, 0.3) is 5.91 Å². The molecule has 0 bridgehead atoms. The van der Waals surface area contributed by atoms with E-state index in [1.54, 1.807) is 48.5 Å². The van der Waals surface area contributed by atoms with Crippen LogP contribution in [-0.4, -0.2) is 67.1 Å². The largest absolute Gasteiger partial charge is 0.457 e. The fraction of sp³-hybridized carbons (Fsp3) is 0.350. The van der Waals surface area contributed by atoms with Crippen molar-refractivity contribution >= 4 is 17.5 Å². The Labute approximate surface area is 290 Å². The number of carbonyl (C=O) groups excluding carboxylic acids is 2. The Morgan fingerprint density at radius 1 is 0.860 bits per heavy atom. The molecule has 7 nitrogen and oxygen atoms in total. The molecule has 7 rings (SSSR count). The number of amides is 2. The third-order valence-electron chi connectivity index (χ3n) is 10.2. The quantitative estimate of drug-likeness (QED) is 0.179. The van der Waals surface area contributed by atoms with Crippen LogP contribution in [0.3, 0.4) is 0 Å². The van der Waals surface area contributed by atoms with Gasteiger partial charge in [0.05, 0.1) is 0 Å². The lowest BCUT2D eigenvalue weighted by Gasteiger charge is -2.39. The number of unbranched alkanes of at least 4 members (excludes halogenated alkanes) is 1. The maximum Gasteiger partial charge on any atom is 0.405 e. The minimum absolute atomic E-state index is 0.0710. The molecule has 3 aliphatic rings. The summed E-state index contributed by atoms with van der Waals surface area (Å²) in [7, 11) is 0. The van der Waals surface area contributed by atoms with E-state index in [2.05, 4.69) is 52.4 Å². The van der Waals surface area contributed by atoms with Crippen LogP contribution in [0.15, 0.2) is 91.0 Å². The van der Waals surface area contributed by atoms with Crippen molar-refractivity contribution < 1.29 is 27.5 Å². The molecule has 4 aromatic rings. The Morgan fingerprint density at radius 2 is 1.56 bits per heavy atom. The topological polar surface area (TPSA) is 65.1 Å². The molecule has 0 atom stereocenters. The highest BCUT2D eigenvalue weighted by atomic mass is 19.4. The lowest BCUT2D eigenvalue weighted by Crippen LogP contribution is -2.49. The van der Waals surface area contributed by atoms with Gasteiger partial charge in [-0.1, -0.05) is 78.7 Å². The van der Waals surface area contributed by atoms with Crippen molar-refractivity contribution in [1.82, 2.24) is 15.1 Å². The summed E-state index contributed by atoms with van der Waals surface area (Å²) in [6, 6.07) is 28.8. The number of fused-ring (bicyclic) bond motifs is 3. The van der Waals surface area contributed by atoms with Crippen LogP contribution in [-0.2, 0) is 23.3 Å². The molecular formula is C40H41F3N4O3. The van der Waals surface area contributed by atoms with Crippen molar-refractivity contribution in [2.24, 2.45) is 0 Å². The molecule has 0 aliphatic carbocycles. The molecule has 2 amide bonds. The van der Waals surface area contributed by atoms with Crippen LogP contribution < -0.4 is 15.0 Å². The summed E-state index contributed by atoms with van der Waals surface area (Å²) in [4.78, 5) is 33.8. The van der Waals surface area contributed by atoms with Crippen molar-refractivity contribution in [3.05, 3.63) is 124 Å². The van der Waals surface area contributed by atoms with Crippen LogP contribution in [0.5, 0.6) is 11.5 Å². The highest BCUT2D eigenvalue weighted by Gasteiger charge is 2.48. The minimum atomic E-state index is -4.53. The number of nitrogens with zero attached hydrogens (tertiary/aromatic N) is 3. The number of alkyl halides is 3. The van der Waals surface area contributed by atoms with E-state index in [1.807, 2.05) is 17.0 Å². The van der Waals surface area contributed by atoms with Crippen LogP contribution in [0.25, 0.3) is 0 Å². The number of carbonyl (C=O) groups is 2. The van der Waals surface area contributed by atoms with Gasteiger partial charge in [0, 0.05) is 61.6 Å². The zero-order valence-electron chi connectivity index (χ0n) is 28.1. The number of rotatable bonds is 10. The summed E-state index contributed by atoms with van der Waals surface area (Å²) >= 11 is 0. The minimum Gasteiger partial charge on any atom is -0.457 e. The van der Waals surface area contributed by atoms with E-state index in [-0.39, 0.29) is 5.91 Å². The van der Waals surface area contributed by atoms with Crippen molar-refractivity contribution in [2.75, 3.05) is 44.2 Å². The normalized spacial score (nSPS) is 16.8. The van der Waals surface area contributed by atoms with Crippen LogP contribution in [0.4, 0.5) is 18.9 Å². The predicted octanol–water partition coefficient (Wildman–Crippen LogP) is 7.21. The van der Waals surface area contributed by atoms with Crippen molar-refractivity contribution in [3.63, 3.8) is 0 Å². The van der Waals surface area contributed by atoms with Crippen molar-refractivity contribution in [3.8, 4) is 11.5 Å². The Balaban J connectivity index is 0.974. The molecule has 0 saturated carbocycles. The molecule has 1 saturated heterocycles. The van der Waals surface area contributed by atoms with Crippen molar-refractivity contribution in [2.45, 2.75) is 50.9 Å². The number of piperazine rings is 1. The second-order valence-electron chi connectivity index (χ2n) is 13.6. The fourth-order valence-electron chi connectivity index (χ4n) is 7.70. The van der Waals surface area contributed by atoms with Crippen LogP contribution in [0.2, 0.25) is 0 Å². The third kappa shape index (κ3) is 6.81. The molecule has 50 heavy (non-hydrogen) atoms. The Kier molecular flexibility index (Phi) is 9.30. The number of anilines is 1. The molecule has 3 heterocycles. The average Bonchev–Trinajstić information content (AvgIpc) is 3.42. The molecule has 0 radical (unpaired) electrons. The van der Waals surface area contributed by atoms with E-state index in [1.165, 1.54) is 5.56 Å². The monoisotopic (exact) mass is 682 g/mol. The van der Waals surface area contributed by atoms with Gasteiger partial charge >= 0.3 is 6.18 Å². The molecule has 0 unspecified atom stereocenters. The first kappa shape index (κ1) is 33.7. The highest BCUT2D eigenvalue weighted by molar-refractivity contribution is 5.99. The fourth-order valence-corrected chi connectivity index (χ4v) is 7.70. The van der Waals surface area contributed by atoms with E-state index in [9.17, 15) is 22.8 Å². The van der Waals surface area contributed by atoms with E-state index < -0.39 is 24.0 Å². The first-order valence-corrected chi connectivity index (χ1v) is 17.3. The maximum absolute atomic E-state index is 13.9. The van der Waals surface area contributed by atoms with E-state index in [0.717, 1.165) is 61.5 Å². The number of halogens is 3. The summed E-state index contributed by atoms with van der Waals surface area (Å²) in [5, 5.41) is 2.20. The van der Waals surface area contributed by atoms with Gasteiger partial charge in [0.15, 0.2) is 0 Å². The van der Waals surface area contributed by atoms with E-state index in [4.69, 9.17) is 4.74 Å². The average molecular weight is 683 g/mol. The van der Waals surface area contributed by atoms with Gasteiger partial charge in [-0.25, -0.2) is 0 Å². The number of ether oxygens (including phenoxy) is 1. The highest BCUT2D eigenvalue weighted by Crippen LogP contribution is 2.50. The zero-order chi connectivity index (χ0) is 34.9.